The van der Waals surface area contributed by atoms with E-state index in [0.29, 0.717) is 54.1 Å². The highest BCUT2D eigenvalue weighted by Crippen LogP contribution is 2.32. The van der Waals surface area contributed by atoms with E-state index in [1.54, 1.807) is 48.5 Å². The van der Waals surface area contributed by atoms with Crippen LogP contribution in [0.15, 0.2) is 103 Å². The Morgan fingerprint density at radius 3 is 1.98 bits per heavy atom. The van der Waals surface area contributed by atoms with Crippen LogP contribution in [0.1, 0.15) is 27.5 Å². The Morgan fingerprint density at radius 2 is 1.37 bits per heavy atom. The standard InChI is InChI=1S/C32H28F3N3O3/c33-32(34,35)24-12-10-22(11-13-24)27-8-4-5-9-28(27)30(39)36-25-14-16-26(17-15-25)37-18-20-38(21-19-37)29(31(40)41)23-6-2-1-3-7-23/h1-17,29H,18-21H2,(H,36,39)(H,40,41)/p-1. The van der Waals surface area contributed by atoms with Gasteiger partial charge in [0.05, 0.1) is 17.6 Å². The summed E-state index contributed by atoms with van der Waals surface area (Å²) in [6.45, 7) is 2.35. The summed E-state index contributed by atoms with van der Waals surface area (Å²) in [4.78, 5) is 29.1. The van der Waals surface area contributed by atoms with Gasteiger partial charge in [-0.15, -0.1) is 0 Å². The number of nitrogens with one attached hydrogen (secondary N) is 1. The summed E-state index contributed by atoms with van der Waals surface area (Å²) in [7, 11) is 0. The van der Waals surface area contributed by atoms with Crippen LogP contribution in [0.5, 0.6) is 0 Å². The lowest BCUT2D eigenvalue weighted by molar-refractivity contribution is -0.312. The van der Waals surface area contributed by atoms with Crippen LogP contribution in [-0.2, 0) is 11.0 Å². The van der Waals surface area contributed by atoms with Crippen LogP contribution in [0.2, 0.25) is 0 Å². The number of carboxylic acid groups (broad SMARTS) is 1. The molecule has 0 saturated carbocycles. The molecule has 9 heteroatoms. The topological polar surface area (TPSA) is 75.7 Å². The quantitative estimate of drug-likeness (QED) is 0.336. The summed E-state index contributed by atoms with van der Waals surface area (Å²) >= 11 is 0. The Kier molecular flexibility index (Phi) is 8.07. The van der Waals surface area contributed by atoms with E-state index < -0.39 is 23.8 Å². The predicted molar refractivity (Wildman–Crippen MR) is 149 cm³/mol. The SMILES string of the molecule is O=C(Nc1ccc(N2CCN(C(C(=O)[O-])c3ccccc3)CC2)cc1)c1ccccc1-c1ccc(C(F)(F)F)cc1. The van der Waals surface area contributed by atoms with Gasteiger partial charge in [-0.2, -0.15) is 13.2 Å². The summed E-state index contributed by atoms with van der Waals surface area (Å²) in [5, 5.41) is 14.8. The number of hydrogen-bond donors (Lipinski definition) is 1. The summed E-state index contributed by atoms with van der Waals surface area (Å²) in [5.41, 5.74) is 2.83. The lowest BCUT2D eigenvalue weighted by atomic mass is 9.98. The Labute approximate surface area is 235 Å². The molecule has 1 aliphatic heterocycles. The number of aliphatic carboxylic acids is 1. The summed E-state index contributed by atoms with van der Waals surface area (Å²) in [6, 6.07) is 27.1. The molecule has 1 aliphatic rings. The maximum atomic E-state index is 13.1. The summed E-state index contributed by atoms with van der Waals surface area (Å²) < 4.78 is 38.9. The average Bonchev–Trinajstić information content (AvgIpc) is 2.98. The fourth-order valence-electron chi connectivity index (χ4n) is 5.10. The number of anilines is 2. The molecular weight excluding hydrogens is 531 g/mol. The lowest BCUT2D eigenvalue weighted by Crippen LogP contribution is -2.51. The summed E-state index contributed by atoms with van der Waals surface area (Å²) in [5.74, 6) is -1.50. The van der Waals surface area contributed by atoms with Crippen LogP contribution in [0.4, 0.5) is 24.5 Å². The molecule has 1 fully saturated rings. The van der Waals surface area contributed by atoms with E-state index in [1.807, 2.05) is 35.2 Å². The van der Waals surface area contributed by atoms with Crippen molar-refractivity contribution in [3.8, 4) is 11.1 Å². The molecule has 0 radical (unpaired) electrons. The Balaban J connectivity index is 1.23. The van der Waals surface area contributed by atoms with Gasteiger partial charge < -0.3 is 20.1 Å². The van der Waals surface area contributed by atoms with Gasteiger partial charge in [-0.3, -0.25) is 9.69 Å². The van der Waals surface area contributed by atoms with Gasteiger partial charge in [0, 0.05) is 43.1 Å². The fourth-order valence-corrected chi connectivity index (χ4v) is 5.10. The van der Waals surface area contributed by atoms with E-state index in [2.05, 4.69) is 10.2 Å². The van der Waals surface area contributed by atoms with Crippen molar-refractivity contribution in [2.75, 3.05) is 36.4 Å². The molecule has 1 unspecified atom stereocenters. The second-order valence-corrected chi connectivity index (χ2v) is 9.78. The van der Waals surface area contributed by atoms with Gasteiger partial charge in [0.2, 0.25) is 0 Å². The number of carboxylic acids is 1. The van der Waals surface area contributed by atoms with Gasteiger partial charge in [-0.1, -0.05) is 60.7 Å². The first-order valence-corrected chi connectivity index (χ1v) is 13.1. The smallest absolute Gasteiger partial charge is 0.416 e. The highest BCUT2D eigenvalue weighted by atomic mass is 19.4. The molecule has 5 rings (SSSR count). The maximum Gasteiger partial charge on any atom is 0.416 e. The second-order valence-electron chi connectivity index (χ2n) is 9.78. The molecule has 0 aliphatic carbocycles. The third kappa shape index (κ3) is 6.41. The zero-order valence-electron chi connectivity index (χ0n) is 22.0. The van der Waals surface area contributed by atoms with Gasteiger partial charge >= 0.3 is 6.18 Å². The normalized spacial score (nSPS) is 14.9. The first-order chi connectivity index (χ1) is 19.7. The number of nitrogens with zero attached hydrogens (tertiary/aromatic N) is 2. The van der Waals surface area contributed by atoms with Gasteiger partial charge in [-0.25, -0.2) is 0 Å². The van der Waals surface area contributed by atoms with Crippen LogP contribution in [-0.4, -0.2) is 43.0 Å². The monoisotopic (exact) mass is 558 g/mol. The number of amides is 1. The lowest BCUT2D eigenvalue weighted by Gasteiger charge is -2.40. The number of carbonyl (C=O) groups is 2. The van der Waals surface area contributed by atoms with Crippen molar-refractivity contribution in [1.29, 1.82) is 0 Å². The molecule has 1 atom stereocenters. The molecule has 1 saturated heterocycles. The van der Waals surface area contributed by atoms with E-state index in [0.717, 1.165) is 17.8 Å². The number of hydrogen-bond acceptors (Lipinski definition) is 5. The fraction of sp³-hybridized carbons (Fsp3) is 0.188. The van der Waals surface area contributed by atoms with Crippen molar-refractivity contribution < 1.29 is 27.9 Å². The van der Waals surface area contributed by atoms with Crippen LogP contribution < -0.4 is 15.3 Å². The van der Waals surface area contributed by atoms with E-state index in [4.69, 9.17) is 0 Å². The van der Waals surface area contributed by atoms with E-state index in [1.165, 1.54) is 12.1 Å². The van der Waals surface area contributed by atoms with Gasteiger partial charge in [-0.05, 0) is 59.2 Å². The molecule has 1 amide bonds. The molecule has 4 aromatic carbocycles. The Morgan fingerprint density at radius 1 is 0.756 bits per heavy atom. The van der Waals surface area contributed by atoms with E-state index >= 15 is 0 Å². The number of rotatable bonds is 7. The van der Waals surface area contributed by atoms with Gasteiger partial charge in [0.15, 0.2) is 0 Å². The van der Waals surface area contributed by atoms with E-state index in [-0.39, 0.29) is 5.91 Å². The molecule has 1 heterocycles. The molecule has 1 N–H and O–H groups in total. The third-order valence-corrected chi connectivity index (χ3v) is 7.20. The van der Waals surface area contributed by atoms with Crippen molar-refractivity contribution in [3.63, 3.8) is 0 Å². The highest BCUT2D eigenvalue weighted by molar-refractivity contribution is 6.08. The third-order valence-electron chi connectivity index (χ3n) is 7.20. The zero-order valence-corrected chi connectivity index (χ0v) is 22.0. The van der Waals surface area contributed by atoms with Crippen LogP contribution in [0, 0.1) is 0 Å². The number of carbonyl (C=O) groups excluding carboxylic acids is 2. The summed E-state index contributed by atoms with van der Waals surface area (Å²) in [6.07, 6.45) is -4.43. The molecule has 4 aromatic rings. The zero-order chi connectivity index (χ0) is 29.0. The average molecular weight is 559 g/mol. The van der Waals surface area contributed by atoms with Crippen LogP contribution in [0.3, 0.4) is 0 Å². The minimum absolute atomic E-state index is 0.341. The van der Waals surface area contributed by atoms with Crippen molar-refractivity contribution in [2.24, 2.45) is 0 Å². The molecule has 41 heavy (non-hydrogen) atoms. The number of halogens is 3. The molecule has 6 nitrogen and oxygen atoms in total. The largest absolute Gasteiger partial charge is 0.548 e. The van der Waals surface area contributed by atoms with Crippen molar-refractivity contribution in [2.45, 2.75) is 12.2 Å². The van der Waals surface area contributed by atoms with Crippen molar-refractivity contribution in [1.82, 2.24) is 4.90 Å². The molecular formula is C32H27F3N3O3-. The van der Waals surface area contributed by atoms with E-state index in [9.17, 15) is 27.9 Å². The number of piperazine rings is 1. The molecule has 210 valence electrons. The van der Waals surface area contributed by atoms with Crippen LogP contribution >= 0.6 is 0 Å². The number of alkyl halides is 3. The maximum absolute atomic E-state index is 13.1. The highest BCUT2D eigenvalue weighted by Gasteiger charge is 2.30. The molecule has 0 bridgehead atoms. The van der Waals surface area contributed by atoms with Gasteiger partial charge in [0.25, 0.3) is 5.91 Å². The first-order valence-electron chi connectivity index (χ1n) is 13.1. The minimum Gasteiger partial charge on any atom is -0.548 e. The molecule has 0 spiro atoms. The van der Waals surface area contributed by atoms with Crippen LogP contribution in [0.25, 0.3) is 11.1 Å². The first kappa shape index (κ1) is 27.9. The van der Waals surface area contributed by atoms with Gasteiger partial charge in [0.1, 0.15) is 0 Å². The predicted octanol–water partition coefficient (Wildman–Crippen LogP) is 5.24. The second kappa shape index (κ2) is 11.9. The number of benzene rings is 4. The van der Waals surface area contributed by atoms with Crippen molar-refractivity contribution in [3.05, 3.63) is 120 Å². The Bertz CT molecular complexity index is 1500. The molecule has 0 aromatic heterocycles. The minimum atomic E-state index is -4.43. The Hall–Kier alpha value is -4.63. The van der Waals surface area contributed by atoms with Crippen molar-refractivity contribution >= 4 is 23.3 Å².